The van der Waals surface area contributed by atoms with Crippen LogP contribution in [0.1, 0.15) is 22.3 Å². The lowest BCUT2D eigenvalue weighted by molar-refractivity contribution is 0.669. The Kier molecular flexibility index (Phi) is 8.11. The molecule has 10 aromatic carbocycles. The van der Waals surface area contributed by atoms with Crippen molar-refractivity contribution < 1.29 is 4.42 Å². The number of fused-ring (bicyclic) bond motifs is 7. The molecule has 12 rings (SSSR count). The molecule has 286 valence electrons. The largest absolute Gasteiger partial charge is 0.454 e. The first-order valence-corrected chi connectivity index (χ1v) is 21.0. The molecule has 0 saturated heterocycles. The van der Waals surface area contributed by atoms with E-state index in [1.54, 1.807) is 0 Å². The number of furan rings is 1. The second kappa shape index (κ2) is 14.1. The molecule has 0 N–H and O–H groups in total. The highest BCUT2D eigenvalue weighted by atomic mass is 16.3. The Morgan fingerprint density at radius 3 is 1.72 bits per heavy atom. The van der Waals surface area contributed by atoms with E-state index in [1.807, 2.05) is 0 Å². The molecule has 1 aromatic heterocycles. The van der Waals surface area contributed by atoms with Crippen molar-refractivity contribution in [2.75, 3.05) is 4.90 Å². The van der Waals surface area contributed by atoms with Crippen LogP contribution in [0.5, 0.6) is 0 Å². The van der Waals surface area contributed by atoms with Crippen LogP contribution in [0.4, 0.5) is 17.1 Å². The van der Waals surface area contributed by atoms with Gasteiger partial charge in [-0.2, -0.15) is 0 Å². The molecule has 0 atom stereocenters. The zero-order valence-electron chi connectivity index (χ0n) is 33.4. The molecule has 0 saturated carbocycles. The summed E-state index contributed by atoms with van der Waals surface area (Å²) in [5.74, 6) is 0. The first-order valence-electron chi connectivity index (χ1n) is 21.0. The second-order valence-electron chi connectivity index (χ2n) is 15.9. The average molecular weight is 778 g/mol. The summed E-state index contributed by atoms with van der Waals surface area (Å²) in [6.45, 7) is 0. The van der Waals surface area contributed by atoms with E-state index in [-0.39, 0.29) is 0 Å². The van der Waals surface area contributed by atoms with Crippen LogP contribution in [0.2, 0.25) is 0 Å². The third kappa shape index (κ3) is 5.36. The van der Waals surface area contributed by atoms with Crippen molar-refractivity contribution in [3.63, 3.8) is 0 Å². The normalized spacial score (nSPS) is 12.7. The zero-order valence-corrected chi connectivity index (χ0v) is 33.4. The average Bonchev–Trinajstić information content (AvgIpc) is 3.88. The fraction of sp³-hybridized carbons (Fsp3) is 0.0169. The quantitative estimate of drug-likeness (QED) is 0.160. The molecule has 1 heterocycles. The van der Waals surface area contributed by atoms with Crippen LogP contribution < -0.4 is 4.90 Å². The molecule has 0 amide bonds. The number of nitrogens with zero attached hydrogens (tertiary/aromatic N) is 1. The number of anilines is 3. The molecule has 0 radical (unpaired) electrons. The summed E-state index contributed by atoms with van der Waals surface area (Å²) < 4.78 is 7.10. The summed E-state index contributed by atoms with van der Waals surface area (Å²) in [5.41, 5.74) is 16.3. The maximum atomic E-state index is 7.10. The first-order chi connectivity index (χ1) is 30.3. The number of hydrogen-bond donors (Lipinski definition) is 0. The predicted molar refractivity (Wildman–Crippen MR) is 254 cm³/mol. The fourth-order valence-corrected chi connectivity index (χ4v) is 10.2. The Bertz CT molecular complexity index is 3380. The molecule has 1 aliphatic carbocycles. The Morgan fingerprint density at radius 2 is 0.934 bits per heavy atom. The minimum absolute atomic E-state index is 0.552. The highest BCUT2D eigenvalue weighted by Crippen LogP contribution is 2.60. The van der Waals surface area contributed by atoms with Crippen LogP contribution in [0, 0.1) is 0 Å². The molecule has 1 aliphatic rings. The molecule has 2 heteroatoms. The van der Waals surface area contributed by atoms with Crippen LogP contribution in [0.25, 0.3) is 66.1 Å². The van der Waals surface area contributed by atoms with Crippen LogP contribution in [-0.2, 0) is 5.41 Å². The number of rotatable bonds is 7. The highest BCUT2D eigenvalue weighted by molar-refractivity contribution is 6.16. The van der Waals surface area contributed by atoms with Gasteiger partial charge in [-0.15, -0.1) is 0 Å². The molecule has 0 fully saturated rings. The van der Waals surface area contributed by atoms with E-state index in [0.717, 1.165) is 61.3 Å². The van der Waals surface area contributed by atoms with Gasteiger partial charge in [0, 0.05) is 21.9 Å². The number of para-hydroxylation sites is 2. The van der Waals surface area contributed by atoms with Crippen LogP contribution in [0.3, 0.4) is 0 Å². The van der Waals surface area contributed by atoms with Gasteiger partial charge in [-0.3, -0.25) is 0 Å². The standard InChI is InChI=1S/C59H39NO/c1-4-20-41(21-5-1)47-29-17-36-55-56(47)49-30-16-35-54(58(49)61-55)60(52-33-15-13-27-46(52)43-38-37-40-19-10-11-22-42(40)39-43)53-34-18-32-51-57(53)48-28-12-14-31-50(48)59(51,44-23-6-2-7-24-44)45-25-8-3-9-26-45/h1-39H. The SMILES string of the molecule is c1ccc(-c2cccc3oc4c(N(c5ccccc5-c5ccc6ccccc6c5)c5cccc6c5-c5ccccc5C6(c5ccccc5)c5ccccc5)cccc4c23)cc1. The molecule has 0 aliphatic heterocycles. The lowest BCUT2D eigenvalue weighted by Crippen LogP contribution is -2.28. The van der Waals surface area contributed by atoms with Crippen LogP contribution in [0.15, 0.2) is 241 Å². The lowest BCUT2D eigenvalue weighted by atomic mass is 9.68. The minimum Gasteiger partial charge on any atom is -0.454 e. The number of benzene rings is 10. The Balaban J connectivity index is 1.19. The van der Waals surface area contributed by atoms with Gasteiger partial charge in [-0.1, -0.05) is 206 Å². The van der Waals surface area contributed by atoms with Gasteiger partial charge in [0.05, 0.1) is 22.5 Å². The van der Waals surface area contributed by atoms with E-state index in [1.165, 1.54) is 44.2 Å². The van der Waals surface area contributed by atoms with Gasteiger partial charge in [0.25, 0.3) is 0 Å². The Hall–Kier alpha value is -7.94. The molecule has 0 bridgehead atoms. The van der Waals surface area contributed by atoms with Crippen molar-refractivity contribution in [2.45, 2.75) is 5.41 Å². The van der Waals surface area contributed by atoms with Crippen molar-refractivity contribution in [1.82, 2.24) is 0 Å². The molecule has 2 nitrogen and oxygen atoms in total. The van der Waals surface area contributed by atoms with Gasteiger partial charge in [-0.05, 0) is 85.6 Å². The summed E-state index contributed by atoms with van der Waals surface area (Å²) in [6.07, 6.45) is 0. The monoisotopic (exact) mass is 777 g/mol. The summed E-state index contributed by atoms with van der Waals surface area (Å²) in [4.78, 5) is 2.47. The van der Waals surface area contributed by atoms with Crippen molar-refractivity contribution in [3.8, 4) is 33.4 Å². The van der Waals surface area contributed by atoms with Crippen LogP contribution in [-0.4, -0.2) is 0 Å². The minimum atomic E-state index is -0.552. The maximum Gasteiger partial charge on any atom is 0.159 e. The van der Waals surface area contributed by atoms with Crippen molar-refractivity contribution in [3.05, 3.63) is 259 Å². The Labute approximate surface area is 355 Å². The van der Waals surface area contributed by atoms with E-state index in [9.17, 15) is 0 Å². The predicted octanol–water partition coefficient (Wildman–Crippen LogP) is 15.9. The first kappa shape index (κ1) is 35.0. The summed E-state index contributed by atoms with van der Waals surface area (Å²) >= 11 is 0. The van der Waals surface area contributed by atoms with E-state index in [2.05, 4.69) is 241 Å². The van der Waals surface area contributed by atoms with Gasteiger partial charge >= 0.3 is 0 Å². The molecule has 0 unspecified atom stereocenters. The molecule has 11 aromatic rings. The molecule has 0 spiro atoms. The summed E-state index contributed by atoms with van der Waals surface area (Å²) in [5, 5.41) is 4.62. The smallest absolute Gasteiger partial charge is 0.159 e. The third-order valence-corrected chi connectivity index (χ3v) is 12.7. The van der Waals surface area contributed by atoms with E-state index >= 15 is 0 Å². The highest BCUT2D eigenvalue weighted by Gasteiger charge is 2.47. The van der Waals surface area contributed by atoms with Gasteiger partial charge in [-0.25, -0.2) is 0 Å². The Morgan fingerprint density at radius 1 is 0.361 bits per heavy atom. The van der Waals surface area contributed by atoms with Gasteiger partial charge in [0.1, 0.15) is 5.58 Å². The fourth-order valence-electron chi connectivity index (χ4n) is 10.2. The third-order valence-electron chi connectivity index (χ3n) is 12.7. The summed E-state index contributed by atoms with van der Waals surface area (Å²) in [7, 11) is 0. The van der Waals surface area contributed by atoms with Gasteiger partial charge in [0.2, 0.25) is 0 Å². The molecule has 61 heavy (non-hydrogen) atoms. The summed E-state index contributed by atoms with van der Waals surface area (Å²) in [6, 6.07) is 85.9. The van der Waals surface area contributed by atoms with E-state index in [0.29, 0.717) is 0 Å². The maximum absolute atomic E-state index is 7.10. The van der Waals surface area contributed by atoms with Crippen molar-refractivity contribution >= 4 is 49.8 Å². The number of hydrogen-bond acceptors (Lipinski definition) is 2. The second-order valence-corrected chi connectivity index (χ2v) is 15.9. The van der Waals surface area contributed by atoms with Gasteiger partial charge < -0.3 is 9.32 Å². The van der Waals surface area contributed by atoms with Crippen molar-refractivity contribution in [1.29, 1.82) is 0 Å². The van der Waals surface area contributed by atoms with E-state index < -0.39 is 5.41 Å². The molecular weight excluding hydrogens is 739 g/mol. The molecular formula is C59H39NO. The van der Waals surface area contributed by atoms with Crippen molar-refractivity contribution in [2.24, 2.45) is 0 Å². The lowest BCUT2D eigenvalue weighted by Gasteiger charge is -2.34. The van der Waals surface area contributed by atoms with Crippen LogP contribution >= 0.6 is 0 Å². The topological polar surface area (TPSA) is 16.4 Å². The van der Waals surface area contributed by atoms with E-state index in [4.69, 9.17) is 4.42 Å². The zero-order chi connectivity index (χ0) is 40.3. The van der Waals surface area contributed by atoms with Gasteiger partial charge in [0.15, 0.2) is 5.58 Å².